The highest BCUT2D eigenvalue weighted by Gasteiger charge is 2.57. The minimum absolute atomic E-state index is 0.0511. The number of benzene rings is 1. The molecule has 1 aromatic carbocycles. The molecule has 3 rings (SSSR count). The molecule has 1 saturated heterocycles. The Morgan fingerprint density at radius 3 is 2.29 bits per heavy atom. The molecule has 4 heteroatoms. The molecule has 2 fully saturated rings. The summed E-state index contributed by atoms with van der Waals surface area (Å²) in [5.41, 5.74) is 0.547. The van der Waals surface area contributed by atoms with E-state index in [-0.39, 0.29) is 11.8 Å². The van der Waals surface area contributed by atoms with Crippen LogP contribution >= 0.6 is 0 Å². The average Bonchev–Trinajstić information content (AvgIpc) is 3.43. The summed E-state index contributed by atoms with van der Waals surface area (Å²) in [6, 6.07) is 10.3. The highest BCUT2D eigenvalue weighted by Crippen LogP contribution is 2.47. The molecule has 1 heterocycles. The fourth-order valence-electron chi connectivity index (χ4n) is 3.55. The molecule has 130 valence electrons. The third kappa shape index (κ3) is 3.97. The number of rotatable bonds is 6. The first-order valence-electron chi connectivity index (χ1n) is 9.34. The standard InChI is InChI=1S/C20H28N2O2/c23-18(21-14-8-11-17-9-4-3-5-10-17)20(12-13-20)19(24)22-15-6-1-2-7-16-22/h3-5,9-10H,1-2,6-8,11-16H2,(H,21,23). The van der Waals surface area contributed by atoms with Gasteiger partial charge >= 0.3 is 0 Å². The van der Waals surface area contributed by atoms with Gasteiger partial charge in [0.2, 0.25) is 11.8 Å². The van der Waals surface area contributed by atoms with Crippen LogP contribution in [0.4, 0.5) is 0 Å². The largest absolute Gasteiger partial charge is 0.355 e. The molecule has 0 radical (unpaired) electrons. The van der Waals surface area contributed by atoms with Crippen molar-refractivity contribution >= 4 is 11.8 Å². The van der Waals surface area contributed by atoms with E-state index in [2.05, 4.69) is 17.4 Å². The molecule has 0 bridgehead atoms. The molecule has 4 nitrogen and oxygen atoms in total. The molecule has 2 amide bonds. The van der Waals surface area contributed by atoms with Gasteiger partial charge in [-0.3, -0.25) is 9.59 Å². The van der Waals surface area contributed by atoms with Gasteiger partial charge in [-0.25, -0.2) is 0 Å². The van der Waals surface area contributed by atoms with Crippen LogP contribution in [0.15, 0.2) is 30.3 Å². The van der Waals surface area contributed by atoms with Gasteiger partial charge in [0.1, 0.15) is 5.41 Å². The molecule has 24 heavy (non-hydrogen) atoms. The first kappa shape index (κ1) is 17.0. The number of carbonyl (C=O) groups is 2. The van der Waals surface area contributed by atoms with Crippen LogP contribution in [0.2, 0.25) is 0 Å². The van der Waals surface area contributed by atoms with Gasteiger partial charge in [0.15, 0.2) is 0 Å². The first-order valence-corrected chi connectivity index (χ1v) is 9.34. The first-order chi connectivity index (χ1) is 11.7. The molecular weight excluding hydrogens is 300 g/mol. The summed E-state index contributed by atoms with van der Waals surface area (Å²) in [6.45, 7) is 2.28. The highest BCUT2D eigenvalue weighted by molar-refractivity contribution is 6.07. The molecule has 1 aliphatic carbocycles. The number of carbonyl (C=O) groups excluding carboxylic acids is 2. The smallest absolute Gasteiger partial charge is 0.238 e. The maximum Gasteiger partial charge on any atom is 0.238 e. The SMILES string of the molecule is O=C(NCCCc1ccccc1)C1(C(=O)N2CCCCCC2)CC1. The van der Waals surface area contributed by atoms with Crippen molar-refractivity contribution < 1.29 is 9.59 Å². The van der Waals surface area contributed by atoms with E-state index in [0.29, 0.717) is 19.4 Å². The van der Waals surface area contributed by atoms with Crippen molar-refractivity contribution in [1.82, 2.24) is 10.2 Å². The molecular formula is C20H28N2O2. The maximum absolute atomic E-state index is 12.8. The van der Waals surface area contributed by atoms with Gasteiger partial charge in [0.05, 0.1) is 0 Å². The van der Waals surface area contributed by atoms with Crippen LogP contribution in [0, 0.1) is 5.41 Å². The van der Waals surface area contributed by atoms with Crippen LogP contribution in [0.1, 0.15) is 50.5 Å². The van der Waals surface area contributed by atoms with Gasteiger partial charge in [-0.2, -0.15) is 0 Å². The molecule has 0 aromatic heterocycles. The number of nitrogens with zero attached hydrogens (tertiary/aromatic N) is 1. The van der Waals surface area contributed by atoms with E-state index in [0.717, 1.165) is 38.8 Å². The monoisotopic (exact) mass is 328 g/mol. The van der Waals surface area contributed by atoms with Crippen molar-refractivity contribution in [2.75, 3.05) is 19.6 Å². The lowest BCUT2D eigenvalue weighted by atomic mass is 10.0. The van der Waals surface area contributed by atoms with Crippen molar-refractivity contribution in [3.8, 4) is 0 Å². The van der Waals surface area contributed by atoms with Crippen LogP contribution in [0.5, 0.6) is 0 Å². The molecule has 0 spiro atoms. The van der Waals surface area contributed by atoms with Crippen LogP contribution < -0.4 is 5.32 Å². The summed E-state index contributed by atoms with van der Waals surface area (Å²) in [7, 11) is 0. The Labute approximate surface area is 144 Å². The summed E-state index contributed by atoms with van der Waals surface area (Å²) < 4.78 is 0. The Balaban J connectivity index is 1.46. The number of aryl methyl sites for hydroxylation is 1. The average molecular weight is 328 g/mol. The molecule has 1 N–H and O–H groups in total. The quantitative estimate of drug-likeness (QED) is 0.645. The zero-order valence-corrected chi connectivity index (χ0v) is 14.4. The second kappa shape index (κ2) is 7.82. The Hall–Kier alpha value is -1.84. The van der Waals surface area contributed by atoms with E-state index in [1.54, 1.807) is 0 Å². The van der Waals surface area contributed by atoms with Crippen LogP contribution in [-0.4, -0.2) is 36.3 Å². The lowest BCUT2D eigenvalue weighted by molar-refractivity contribution is -0.144. The topological polar surface area (TPSA) is 49.4 Å². The van der Waals surface area contributed by atoms with Crippen LogP contribution in [0.25, 0.3) is 0 Å². The zero-order chi connectivity index (χ0) is 16.8. The zero-order valence-electron chi connectivity index (χ0n) is 14.4. The number of hydrogen-bond donors (Lipinski definition) is 1. The van der Waals surface area contributed by atoms with Gasteiger partial charge in [0, 0.05) is 19.6 Å². The second-order valence-corrected chi connectivity index (χ2v) is 7.13. The number of amides is 2. The number of likely N-dealkylation sites (tertiary alicyclic amines) is 1. The molecule has 2 aliphatic rings. The van der Waals surface area contributed by atoms with E-state index in [1.165, 1.54) is 18.4 Å². The lowest BCUT2D eigenvalue weighted by Gasteiger charge is -2.25. The Morgan fingerprint density at radius 1 is 1.00 bits per heavy atom. The van der Waals surface area contributed by atoms with Gasteiger partial charge in [-0.05, 0) is 44.1 Å². The van der Waals surface area contributed by atoms with Gasteiger partial charge in [-0.1, -0.05) is 43.2 Å². The van der Waals surface area contributed by atoms with Crippen molar-refractivity contribution in [3.05, 3.63) is 35.9 Å². The summed E-state index contributed by atoms with van der Waals surface area (Å²) in [5.74, 6) is 0.0229. The minimum Gasteiger partial charge on any atom is -0.355 e. The maximum atomic E-state index is 12.8. The van der Waals surface area contributed by atoms with E-state index >= 15 is 0 Å². The Kier molecular flexibility index (Phi) is 5.54. The molecule has 0 atom stereocenters. The van der Waals surface area contributed by atoms with E-state index in [1.807, 2.05) is 23.1 Å². The molecule has 1 aliphatic heterocycles. The van der Waals surface area contributed by atoms with Gasteiger partial charge in [0.25, 0.3) is 0 Å². The summed E-state index contributed by atoms with van der Waals surface area (Å²) in [6.07, 6.45) is 7.82. The van der Waals surface area contributed by atoms with Gasteiger partial charge in [-0.15, -0.1) is 0 Å². The number of hydrogen-bond acceptors (Lipinski definition) is 2. The highest BCUT2D eigenvalue weighted by atomic mass is 16.2. The molecule has 1 aromatic rings. The lowest BCUT2D eigenvalue weighted by Crippen LogP contribution is -2.45. The number of nitrogens with one attached hydrogen (secondary N) is 1. The van der Waals surface area contributed by atoms with Crippen LogP contribution in [-0.2, 0) is 16.0 Å². The fraction of sp³-hybridized carbons (Fsp3) is 0.600. The third-order valence-corrected chi connectivity index (χ3v) is 5.26. The summed E-state index contributed by atoms with van der Waals surface area (Å²) in [4.78, 5) is 27.3. The van der Waals surface area contributed by atoms with Crippen molar-refractivity contribution in [2.45, 2.75) is 51.4 Å². The minimum atomic E-state index is -0.739. The van der Waals surface area contributed by atoms with Crippen molar-refractivity contribution in [2.24, 2.45) is 5.41 Å². The van der Waals surface area contributed by atoms with Crippen molar-refractivity contribution in [1.29, 1.82) is 0 Å². The normalized spacial score (nSPS) is 19.4. The third-order valence-electron chi connectivity index (χ3n) is 5.26. The second-order valence-electron chi connectivity index (χ2n) is 7.13. The van der Waals surface area contributed by atoms with Gasteiger partial charge < -0.3 is 10.2 Å². The van der Waals surface area contributed by atoms with Crippen LogP contribution in [0.3, 0.4) is 0 Å². The summed E-state index contributed by atoms with van der Waals surface area (Å²) in [5, 5.41) is 3.00. The Morgan fingerprint density at radius 2 is 1.67 bits per heavy atom. The van der Waals surface area contributed by atoms with E-state index in [9.17, 15) is 9.59 Å². The fourth-order valence-corrected chi connectivity index (χ4v) is 3.55. The summed E-state index contributed by atoms with van der Waals surface area (Å²) >= 11 is 0. The Bertz CT molecular complexity index is 558. The predicted molar refractivity (Wildman–Crippen MR) is 94.5 cm³/mol. The van der Waals surface area contributed by atoms with E-state index in [4.69, 9.17) is 0 Å². The molecule has 0 unspecified atom stereocenters. The van der Waals surface area contributed by atoms with E-state index < -0.39 is 5.41 Å². The van der Waals surface area contributed by atoms with Crippen molar-refractivity contribution in [3.63, 3.8) is 0 Å². The predicted octanol–water partition coefficient (Wildman–Crippen LogP) is 2.92. The molecule has 1 saturated carbocycles.